The highest BCUT2D eigenvalue weighted by Crippen LogP contribution is 2.22. The summed E-state index contributed by atoms with van der Waals surface area (Å²) in [5.41, 5.74) is 0.461. The van der Waals surface area contributed by atoms with E-state index in [1.54, 1.807) is 16.2 Å². The number of rotatable bonds is 2. The van der Waals surface area contributed by atoms with E-state index in [1.165, 1.54) is 0 Å². The molecule has 0 spiro atoms. The first kappa shape index (κ1) is 15.9. The monoisotopic (exact) mass is 310 g/mol. The molecular formula is C15H22N2O3S. The molecule has 1 aliphatic rings. The zero-order chi connectivity index (χ0) is 15.6. The minimum absolute atomic E-state index is 0.170. The lowest BCUT2D eigenvalue weighted by Gasteiger charge is -2.33. The molecule has 0 N–H and O–H groups in total. The lowest BCUT2D eigenvalue weighted by molar-refractivity contribution is -0.125. The molecule has 0 aromatic carbocycles. The molecule has 1 aromatic rings. The van der Waals surface area contributed by atoms with Gasteiger partial charge in [0.2, 0.25) is 0 Å². The summed E-state index contributed by atoms with van der Waals surface area (Å²) in [4.78, 5) is 30.2. The number of thiazole rings is 1. The molecule has 1 amide bonds. The lowest BCUT2D eigenvalue weighted by Crippen LogP contribution is -2.46. The van der Waals surface area contributed by atoms with Gasteiger partial charge in [-0.05, 0) is 27.7 Å². The van der Waals surface area contributed by atoms with Crippen LogP contribution in [0.4, 0.5) is 4.79 Å². The third kappa shape index (κ3) is 4.52. The van der Waals surface area contributed by atoms with Crippen molar-refractivity contribution >= 4 is 23.2 Å². The molecule has 2 heterocycles. The van der Waals surface area contributed by atoms with E-state index in [-0.39, 0.29) is 17.8 Å². The minimum atomic E-state index is -0.513. The molecule has 1 fully saturated rings. The van der Waals surface area contributed by atoms with E-state index < -0.39 is 5.60 Å². The van der Waals surface area contributed by atoms with Gasteiger partial charge in [-0.1, -0.05) is 0 Å². The summed E-state index contributed by atoms with van der Waals surface area (Å²) in [5.74, 6) is 0.0412. The Morgan fingerprint density at radius 3 is 2.81 bits per heavy atom. The number of ether oxygens (including phenoxy) is 1. The van der Waals surface area contributed by atoms with Crippen LogP contribution < -0.4 is 0 Å². The van der Waals surface area contributed by atoms with Gasteiger partial charge < -0.3 is 9.64 Å². The second-order valence-electron chi connectivity index (χ2n) is 6.43. The number of Topliss-reactive ketones (excluding diaryl/α,β-unsaturated/α-hetero) is 1. The predicted octanol–water partition coefficient (Wildman–Crippen LogP) is 2.82. The molecule has 0 saturated carbocycles. The number of nitrogens with zero attached hydrogens (tertiary/aromatic N) is 2. The van der Waals surface area contributed by atoms with Gasteiger partial charge in [-0.2, -0.15) is 0 Å². The van der Waals surface area contributed by atoms with Gasteiger partial charge in [0.1, 0.15) is 11.4 Å². The molecule has 1 unspecified atom stereocenters. The Morgan fingerprint density at radius 1 is 1.52 bits per heavy atom. The number of hydrogen-bond acceptors (Lipinski definition) is 5. The Morgan fingerprint density at radius 2 is 2.24 bits per heavy atom. The second-order valence-corrected chi connectivity index (χ2v) is 7.37. The van der Waals surface area contributed by atoms with Crippen molar-refractivity contribution in [1.82, 2.24) is 9.88 Å². The van der Waals surface area contributed by atoms with Crippen LogP contribution in [0.5, 0.6) is 0 Å². The molecule has 1 aliphatic heterocycles. The van der Waals surface area contributed by atoms with Gasteiger partial charge in [-0.15, -0.1) is 11.3 Å². The molecule has 21 heavy (non-hydrogen) atoms. The molecule has 6 heteroatoms. The lowest BCUT2D eigenvalue weighted by atomic mass is 9.94. The third-order valence-corrected chi connectivity index (χ3v) is 4.25. The molecule has 1 atom stereocenters. The third-order valence-electron chi connectivity index (χ3n) is 3.26. The largest absolute Gasteiger partial charge is 0.444 e. The molecule has 0 aliphatic carbocycles. The van der Waals surface area contributed by atoms with Crippen LogP contribution in [0.15, 0.2) is 5.38 Å². The fraction of sp³-hybridized carbons (Fsp3) is 0.667. The molecule has 2 rings (SSSR count). The standard InChI is InChI=1S/C15H22N2O3S/c1-10-9-21-13(16-10)7-11-8-17(6-5-12(11)18)14(19)20-15(2,3)4/h9,11H,5-8H2,1-4H3. The summed E-state index contributed by atoms with van der Waals surface area (Å²) < 4.78 is 5.38. The molecule has 5 nitrogen and oxygen atoms in total. The van der Waals surface area contributed by atoms with Gasteiger partial charge in [0.25, 0.3) is 0 Å². The fourth-order valence-electron chi connectivity index (χ4n) is 2.29. The maximum absolute atomic E-state index is 12.1. The molecule has 0 bridgehead atoms. The van der Waals surface area contributed by atoms with Crippen molar-refractivity contribution in [3.05, 3.63) is 16.1 Å². The SMILES string of the molecule is Cc1csc(CC2CN(C(=O)OC(C)(C)C)CCC2=O)n1. The molecule has 1 saturated heterocycles. The number of carbonyl (C=O) groups excluding carboxylic acids is 2. The average Bonchev–Trinajstić information content (AvgIpc) is 2.75. The summed E-state index contributed by atoms with van der Waals surface area (Å²) in [6.45, 7) is 8.34. The number of ketones is 1. The van der Waals surface area contributed by atoms with Crippen molar-refractivity contribution < 1.29 is 14.3 Å². The second kappa shape index (κ2) is 6.13. The van der Waals surface area contributed by atoms with Crippen molar-refractivity contribution in [3.63, 3.8) is 0 Å². The number of amides is 1. The maximum Gasteiger partial charge on any atom is 0.410 e. The van der Waals surface area contributed by atoms with Crippen LogP contribution >= 0.6 is 11.3 Å². The maximum atomic E-state index is 12.1. The van der Waals surface area contributed by atoms with Crippen molar-refractivity contribution in [1.29, 1.82) is 0 Å². The first-order chi connectivity index (χ1) is 9.74. The number of piperidine rings is 1. The van der Waals surface area contributed by atoms with E-state index in [0.29, 0.717) is 25.9 Å². The van der Waals surface area contributed by atoms with Crippen LogP contribution in [-0.2, 0) is 16.0 Å². The summed E-state index contributed by atoms with van der Waals surface area (Å²) >= 11 is 1.57. The van der Waals surface area contributed by atoms with E-state index in [1.807, 2.05) is 33.1 Å². The first-order valence-electron chi connectivity index (χ1n) is 7.16. The highest BCUT2D eigenvalue weighted by Gasteiger charge is 2.32. The predicted molar refractivity (Wildman–Crippen MR) is 81.5 cm³/mol. The van der Waals surface area contributed by atoms with E-state index >= 15 is 0 Å². The van der Waals surface area contributed by atoms with Gasteiger partial charge >= 0.3 is 6.09 Å². The number of hydrogen-bond donors (Lipinski definition) is 0. The zero-order valence-electron chi connectivity index (χ0n) is 13.0. The van der Waals surface area contributed by atoms with Crippen LogP contribution in [-0.4, -0.2) is 40.5 Å². The summed E-state index contributed by atoms with van der Waals surface area (Å²) in [5, 5.41) is 2.94. The van der Waals surface area contributed by atoms with E-state index in [0.717, 1.165) is 10.7 Å². The van der Waals surface area contributed by atoms with E-state index in [4.69, 9.17) is 4.74 Å². The van der Waals surface area contributed by atoms with Gasteiger partial charge in [0.05, 0.1) is 5.01 Å². The van der Waals surface area contributed by atoms with Crippen LogP contribution in [0, 0.1) is 12.8 Å². The van der Waals surface area contributed by atoms with Gasteiger partial charge in [0.15, 0.2) is 0 Å². The van der Waals surface area contributed by atoms with Gasteiger partial charge in [-0.3, -0.25) is 4.79 Å². The highest BCUT2D eigenvalue weighted by atomic mass is 32.1. The number of carbonyl (C=O) groups is 2. The quantitative estimate of drug-likeness (QED) is 0.843. The van der Waals surface area contributed by atoms with Crippen molar-refractivity contribution in [2.45, 2.75) is 46.1 Å². The molecule has 116 valence electrons. The minimum Gasteiger partial charge on any atom is -0.444 e. The first-order valence-corrected chi connectivity index (χ1v) is 8.04. The van der Waals surface area contributed by atoms with Gasteiger partial charge in [-0.25, -0.2) is 9.78 Å². The number of likely N-dealkylation sites (tertiary alicyclic amines) is 1. The van der Waals surface area contributed by atoms with E-state index in [2.05, 4.69) is 4.98 Å². The molecule has 0 radical (unpaired) electrons. The Bertz CT molecular complexity index is 533. The smallest absolute Gasteiger partial charge is 0.410 e. The van der Waals surface area contributed by atoms with Crippen LogP contribution in [0.3, 0.4) is 0 Å². The fourth-order valence-corrected chi connectivity index (χ4v) is 3.14. The number of aromatic nitrogens is 1. The highest BCUT2D eigenvalue weighted by molar-refractivity contribution is 7.09. The Labute approximate surface area is 129 Å². The van der Waals surface area contributed by atoms with Gasteiger partial charge in [0, 0.05) is 42.9 Å². The summed E-state index contributed by atoms with van der Waals surface area (Å²) in [7, 11) is 0. The topological polar surface area (TPSA) is 59.5 Å². The molecule has 1 aromatic heterocycles. The summed E-state index contributed by atoms with van der Waals surface area (Å²) in [6, 6.07) is 0. The van der Waals surface area contributed by atoms with Crippen LogP contribution in [0.1, 0.15) is 37.9 Å². The Kier molecular flexibility index (Phi) is 4.66. The zero-order valence-corrected chi connectivity index (χ0v) is 13.8. The van der Waals surface area contributed by atoms with Crippen molar-refractivity contribution in [3.8, 4) is 0 Å². The Balaban J connectivity index is 1.99. The molecular weight excluding hydrogens is 288 g/mol. The number of aryl methyl sites for hydroxylation is 1. The van der Waals surface area contributed by atoms with Crippen LogP contribution in [0.25, 0.3) is 0 Å². The summed E-state index contributed by atoms with van der Waals surface area (Å²) in [6.07, 6.45) is 0.667. The van der Waals surface area contributed by atoms with Crippen LogP contribution in [0.2, 0.25) is 0 Å². The normalized spacial score (nSPS) is 19.7. The van der Waals surface area contributed by atoms with Crippen molar-refractivity contribution in [2.75, 3.05) is 13.1 Å². The Hall–Kier alpha value is -1.43. The van der Waals surface area contributed by atoms with Crippen molar-refractivity contribution in [2.24, 2.45) is 5.92 Å². The van der Waals surface area contributed by atoms with E-state index in [9.17, 15) is 9.59 Å². The average molecular weight is 310 g/mol.